The van der Waals surface area contributed by atoms with Gasteiger partial charge < -0.3 is 9.13 Å². The molecule has 13 aromatic rings. The summed E-state index contributed by atoms with van der Waals surface area (Å²) in [5.41, 5.74) is 12.8. The number of fused-ring (bicyclic) bond motifs is 10. The molecule has 0 N–H and O–H groups in total. The van der Waals surface area contributed by atoms with Gasteiger partial charge in [-0.2, -0.15) is 9.97 Å². The summed E-state index contributed by atoms with van der Waals surface area (Å²) in [5, 5.41) is 6.98. The van der Waals surface area contributed by atoms with E-state index in [1.54, 1.807) is 0 Å². The number of benzene rings is 9. The molecular weight excluding hydrogens is 769 g/mol. The monoisotopic (exact) mass is 804 g/mol. The Labute approximate surface area is 362 Å². The summed E-state index contributed by atoms with van der Waals surface area (Å²) in [4.78, 5) is 16.0. The first kappa shape index (κ1) is 35.2. The summed E-state index contributed by atoms with van der Waals surface area (Å²) in [6, 6.07) is 77.3. The second-order valence-electron chi connectivity index (χ2n) is 16.0. The molecule has 0 aliphatic carbocycles. The molecule has 6 heteroatoms. The van der Waals surface area contributed by atoms with Gasteiger partial charge in [-0.3, -0.25) is 4.57 Å². The minimum absolute atomic E-state index is 0.543. The second-order valence-corrected chi connectivity index (χ2v) is 16.0. The molecule has 0 aliphatic rings. The molecule has 0 spiro atoms. The highest BCUT2D eigenvalue weighted by Gasteiger charge is 2.27. The van der Waals surface area contributed by atoms with Gasteiger partial charge >= 0.3 is 0 Å². The van der Waals surface area contributed by atoms with Crippen LogP contribution in [0.15, 0.2) is 218 Å². The number of para-hydroxylation sites is 5. The molecular formula is C57H36N6. The number of hydrogen-bond donors (Lipinski definition) is 0. The van der Waals surface area contributed by atoms with E-state index in [4.69, 9.17) is 15.0 Å². The van der Waals surface area contributed by atoms with Crippen LogP contribution in [0.2, 0.25) is 0 Å². The van der Waals surface area contributed by atoms with Crippen LogP contribution in [0.1, 0.15) is 0 Å². The fourth-order valence-electron chi connectivity index (χ4n) is 9.74. The van der Waals surface area contributed by atoms with Crippen molar-refractivity contribution in [1.82, 2.24) is 28.7 Å². The maximum atomic E-state index is 5.45. The van der Waals surface area contributed by atoms with Crippen molar-refractivity contribution in [2.45, 2.75) is 0 Å². The fourth-order valence-corrected chi connectivity index (χ4v) is 9.74. The Kier molecular flexibility index (Phi) is 7.80. The van der Waals surface area contributed by atoms with Crippen LogP contribution in [0.5, 0.6) is 0 Å². The molecule has 4 heterocycles. The van der Waals surface area contributed by atoms with Crippen molar-refractivity contribution in [2.24, 2.45) is 0 Å². The quantitative estimate of drug-likeness (QED) is 0.168. The van der Waals surface area contributed by atoms with Crippen LogP contribution in [-0.4, -0.2) is 28.7 Å². The highest BCUT2D eigenvalue weighted by atomic mass is 15.2. The van der Waals surface area contributed by atoms with E-state index in [1.165, 1.54) is 21.5 Å². The summed E-state index contributed by atoms with van der Waals surface area (Å²) in [7, 11) is 0. The van der Waals surface area contributed by atoms with Crippen molar-refractivity contribution in [2.75, 3.05) is 0 Å². The van der Waals surface area contributed by atoms with E-state index in [2.05, 4.69) is 208 Å². The summed E-state index contributed by atoms with van der Waals surface area (Å²) < 4.78 is 7.16. The van der Waals surface area contributed by atoms with Gasteiger partial charge in [0, 0.05) is 49.1 Å². The molecule has 0 fully saturated rings. The first-order valence-corrected chi connectivity index (χ1v) is 21.3. The van der Waals surface area contributed by atoms with Crippen LogP contribution in [-0.2, 0) is 0 Å². The van der Waals surface area contributed by atoms with Crippen LogP contribution in [0, 0.1) is 0 Å². The minimum atomic E-state index is 0.543. The molecule has 0 unspecified atom stereocenters. The summed E-state index contributed by atoms with van der Waals surface area (Å²) in [5.74, 6) is 1.75. The van der Waals surface area contributed by atoms with Crippen LogP contribution in [0.3, 0.4) is 0 Å². The number of hydrogen-bond acceptors (Lipinski definition) is 3. The van der Waals surface area contributed by atoms with Gasteiger partial charge in [-0.25, -0.2) is 4.98 Å². The van der Waals surface area contributed by atoms with E-state index in [9.17, 15) is 0 Å². The predicted octanol–water partition coefficient (Wildman–Crippen LogP) is 14.2. The van der Waals surface area contributed by atoms with E-state index in [-0.39, 0.29) is 0 Å². The van der Waals surface area contributed by atoms with Crippen molar-refractivity contribution >= 4 is 65.4 Å². The molecule has 0 radical (unpaired) electrons. The van der Waals surface area contributed by atoms with E-state index < -0.39 is 0 Å². The smallest absolute Gasteiger partial charge is 0.238 e. The molecule has 0 saturated carbocycles. The zero-order chi connectivity index (χ0) is 41.4. The molecule has 0 amide bonds. The highest BCUT2D eigenvalue weighted by Crippen LogP contribution is 2.46. The third-order valence-electron chi connectivity index (χ3n) is 12.5. The summed E-state index contributed by atoms with van der Waals surface area (Å²) in [6.45, 7) is 0. The van der Waals surface area contributed by atoms with Gasteiger partial charge in [-0.1, -0.05) is 176 Å². The molecule has 13 rings (SSSR count). The van der Waals surface area contributed by atoms with E-state index in [1.807, 2.05) is 24.3 Å². The third kappa shape index (κ3) is 5.41. The summed E-state index contributed by atoms with van der Waals surface area (Å²) in [6.07, 6.45) is 0. The van der Waals surface area contributed by atoms with E-state index in [0.29, 0.717) is 17.6 Å². The minimum Gasteiger partial charge on any atom is -0.309 e. The van der Waals surface area contributed by atoms with E-state index in [0.717, 1.165) is 77.5 Å². The Bertz CT molecular complexity index is 3830. The molecule has 0 bridgehead atoms. The number of rotatable bonds is 6. The van der Waals surface area contributed by atoms with Crippen LogP contribution in [0.25, 0.3) is 117 Å². The van der Waals surface area contributed by atoms with Gasteiger partial charge in [0.2, 0.25) is 5.95 Å². The zero-order valence-corrected chi connectivity index (χ0v) is 34.0. The zero-order valence-electron chi connectivity index (χ0n) is 34.0. The van der Waals surface area contributed by atoms with Gasteiger partial charge in [0.15, 0.2) is 11.6 Å². The van der Waals surface area contributed by atoms with Crippen molar-refractivity contribution in [3.05, 3.63) is 218 Å². The van der Waals surface area contributed by atoms with Crippen molar-refractivity contribution in [3.63, 3.8) is 0 Å². The van der Waals surface area contributed by atoms with Gasteiger partial charge in [0.25, 0.3) is 0 Å². The van der Waals surface area contributed by atoms with Gasteiger partial charge in [-0.15, -0.1) is 0 Å². The lowest BCUT2D eigenvalue weighted by Crippen LogP contribution is -2.08. The number of nitrogens with zero attached hydrogens (tertiary/aromatic N) is 6. The molecule has 0 saturated heterocycles. The van der Waals surface area contributed by atoms with Crippen LogP contribution >= 0.6 is 0 Å². The standard InChI is InChI=1S/C57H36N6/c1-4-18-37(19-5-1)38-32-34-40(35-33-38)56-58-55(39-20-6-2-7-21-39)59-57(60-56)63-50-31-17-13-27-45(50)52-53-46(44-26-12-14-28-47(44)61(53)41-22-8-3-9-23-41)36-51(54(52)63)62-48-29-15-10-24-42(48)43-25-11-16-30-49(43)62/h1-36H. The molecule has 0 atom stereocenters. The third-order valence-corrected chi connectivity index (χ3v) is 12.5. The maximum absolute atomic E-state index is 5.45. The van der Waals surface area contributed by atoms with Crippen LogP contribution in [0.4, 0.5) is 0 Å². The van der Waals surface area contributed by atoms with Crippen molar-refractivity contribution in [1.29, 1.82) is 0 Å². The van der Waals surface area contributed by atoms with Crippen LogP contribution < -0.4 is 0 Å². The molecule has 6 nitrogen and oxygen atoms in total. The Hall–Kier alpha value is -8.61. The lowest BCUT2D eigenvalue weighted by molar-refractivity contribution is 0.950. The average molecular weight is 805 g/mol. The van der Waals surface area contributed by atoms with Gasteiger partial charge in [0.1, 0.15) is 0 Å². The van der Waals surface area contributed by atoms with Crippen molar-refractivity contribution < 1.29 is 0 Å². The number of aromatic nitrogens is 6. The largest absolute Gasteiger partial charge is 0.309 e. The molecule has 63 heavy (non-hydrogen) atoms. The Morgan fingerprint density at radius 2 is 0.698 bits per heavy atom. The summed E-state index contributed by atoms with van der Waals surface area (Å²) >= 11 is 0. The van der Waals surface area contributed by atoms with Gasteiger partial charge in [0.05, 0.1) is 38.8 Å². The maximum Gasteiger partial charge on any atom is 0.238 e. The normalized spacial score (nSPS) is 11.8. The lowest BCUT2D eigenvalue weighted by atomic mass is 10.0. The fraction of sp³-hybridized carbons (Fsp3) is 0. The van der Waals surface area contributed by atoms with Gasteiger partial charge in [-0.05, 0) is 53.6 Å². The average Bonchev–Trinajstić information content (AvgIpc) is 4.01. The van der Waals surface area contributed by atoms with Crippen molar-refractivity contribution in [3.8, 4) is 51.2 Å². The first-order chi connectivity index (χ1) is 31.3. The molecule has 0 aliphatic heterocycles. The highest BCUT2D eigenvalue weighted by molar-refractivity contribution is 6.28. The Morgan fingerprint density at radius 1 is 0.286 bits per heavy atom. The molecule has 4 aromatic heterocycles. The molecule has 9 aromatic carbocycles. The second kappa shape index (κ2) is 14.0. The Balaban J connectivity index is 1.21. The topological polar surface area (TPSA) is 53.5 Å². The first-order valence-electron chi connectivity index (χ1n) is 21.3. The van der Waals surface area contributed by atoms with E-state index >= 15 is 0 Å². The Morgan fingerprint density at radius 3 is 1.29 bits per heavy atom. The lowest BCUT2D eigenvalue weighted by Gasteiger charge is -2.16. The predicted molar refractivity (Wildman–Crippen MR) is 259 cm³/mol. The molecule has 294 valence electrons. The SMILES string of the molecule is c1ccc(-c2ccc(-c3nc(-c4ccccc4)nc(-n4c5ccccc5c5c4c(-n4c6ccccc6c6ccccc64)cc4c6ccccc6n(-c6ccccc6)c45)n3)cc2)cc1.